The Labute approximate surface area is 149 Å². The molecule has 1 saturated heterocycles. The van der Waals surface area contributed by atoms with Crippen LogP contribution in [0.4, 0.5) is 0 Å². The average molecular weight is 343 g/mol. The van der Waals surface area contributed by atoms with Gasteiger partial charge in [0.1, 0.15) is 11.2 Å². The number of carbonyl (C=O) groups excluding carboxylic acids is 1. The molecule has 0 radical (unpaired) electrons. The minimum Gasteiger partial charge on any atom is -0.337 e. The predicted octanol–water partition coefficient (Wildman–Crippen LogP) is 2.26. The summed E-state index contributed by atoms with van der Waals surface area (Å²) in [5.74, 6) is 1.56. The summed E-state index contributed by atoms with van der Waals surface area (Å²) in [6, 6.07) is 0.450. The molecule has 6 heteroatoms. The first-order chi connectivity index (χ1) is 12.0. The summed E-state index contributed by atoms with van der Waals surface area (Å²) in [5.41, 5.74) is 1.59. The van der Waals surface area contributed by atoms with Crippen LogP contribution in [-0.4, -0.2) is 62.1 Å². The molecule has 25 heavy (non-hydrogen) atoms. The van der Waals surface area contributed by atoms with Crippen LogP contribution in [0.15, 0.2) is 18.6 Å². The summed E-state index contributed by atoms with van der Waals surface area (Å²) in [4.78, 5) is 17.9. The molecule has 2 aliphatic rings. The van der Waals surface area contributed by atoms with Crippen LogP contribution in [0.3, 0.4) is 0 Å². The summed E-state index contributed by atoms with van der Waals surface area (Å²) in [5, 5.41) is 4.33. The zero-order valence-electron chi connectivity index (χ0n) is 15.6. The third-order valence-corrected chi connectivity index (χ3v) is 5.76. The van der Waals surface area contributed by atoms with Crippen molar-refractivity contribution in [3.05, 3.63) is 24.2 Å². The molecule has 1 amide bonds. The number of aryl methyl sites for hydroxylation is 1. The van der Waals surface area contributed by atoms with E-state index in [-0.39, 0.29) is 5.91 Å². The largest absolute Gasteiger partial charge is 0.337 e. The smallest absolute Gasteiger partial charge is 0.259 e. The van der Waals surface area contributed by atoms with Crippen LogP contribution >= 0.6 is 0 Å². The van der Waals surface area contributed by atoms with Gasteiger partial charge in [-0.2, -0.15) is 5.10 Å². The second kappa shape index (κ2) is 6.48. The zero-order chi connectivity index (χ0) is 17.6. The van der Waals surface area contributed by atoms with Crippen LogP contribution in [0.25, 0.3) is 5.65 Å². The fourth-order valence-corrected chi connectivity index (χ4v) is 4.11. The standard InChI is InChI=1S/C19H29N5O/c1-14(2)17-13-23(8-4-7-22(17)12-15-5-6-15)19(25)16-11-20-24-10-9-21(3)18(16)24/h9-11,14-15,17H,4-8,12-13H2,1-3H3/t17-/m0/s1. The van der Waals surface area contributed by atoms with E-state index in [0.717, 1.165) is 37.6 Å². The van der Waals surface area contributed by atoms with Crippen LogP contribution in [-0.2, 0) is 7.05 Å². The fourth-order valence-electron chi connectivity index (χ4n) is 4.11. The van der Waals surface area contributed by atoms with Gasteiger partial charge in [-0.15, -0.1) is 0 Å². The highest BCUT2D eigenvalue weighted by Crippen LogP contribution is 2.32. The lowest BCUT2D eigenvalue weighted by Crippen LogP contribution is -2.46. The van der Waals surface area contributed by atoms with Gasteiger partial charge < -0.3 is 9.47 Å². The van der Waals surface area contributed by atoms with E-state index in [1.165, 1.54) is 19.4 Å². The van der Waals surface area contributed by atoms with Crippen molar-refractivity contribution in [2.75, 3.05) is 26.2 Å². The van der Waals surface area contributed by atoms with Crippen molar-refractivity contribution in [3.8, 4) is 0 Å². The van der Waals surface area contributed by atoms with E-state index in [9.17, 15) is 4.79 Å². The fraction of sp³-hybridized carbons (Fsp3) is 0.684. The summed E-state index contributed by atoms with van der Waals surface area (Å²) in [6.07, 6.45) is 9.37. The van der Waals surface area contributed by atoms with Gasteiger partial charge in [0.25, 0.3) is 5.91 Å². The molecule has 2 aromatic heterocycles. The van der Waals surface area contributed by atoms with Gasteiger partial charge in [0.2, 0.25) is 0 Å². The van der Waals surface area contributed by atoms with E-state index < -0.39 is 0 Å². The van der Waals surface area contributed by atoms with Gasteiger partial charge in [0.05, 0.1) is 6.20 Å². The maximum Gasteiger partial charge on any atom is 0.259 e. The second-order valence-electron chi connectivity index (χ2n) is 8.09. The quantitative estimate of drug-likeness (QED) is 0.855. The first kappa shape index (κ1) is 16.6. The maximum absolute atomic E-state index is 13.2. The molecule has 3 heterocycles. The number of nitrogens with zero attached hydrogens (tertiary/aromatic N) is 5. The molecule has 2 fully saturated rings. The average Bonchev–Trinajstić information content (AvgIpc) is 3.24. The van der Waals surface area contributed by atoms with E-state index >= 15 is 0 Å². The third kappa shape index (κ3) is 3.19. The maximum atomic E-state index is 13.2. The topological polar surface area (TPSA) is 45.8 Å². The van der Waals surface area contributed by atoms with Crippen molar-refractivity contribution in [3.63, 3.8) is 0 Å². The molecule has 0 unspecified atom stereocenters. The van der Waals surface area contributed by atoms with Crippen molar-refractivity contribution in [2.24, 2.45) is 18.9 Å². The molecule has 1 aliphatic carbocycles. The molecule has 136 valence electrons. The van der Waals surface area contributed by atoms with Gasteiger partial charge in [-0.25, -0.2) is 4.52 Å². The Bertz CT molecular complexity index is 757. The molecule has 0 aromatic carbocycles. The van der Waals surface area contributed by atoms with Crippen molar-refractivity contribution in [1.82, 2.24) is 24.0 Å². The van der Waals surface area contributed by atoms with Gasteiger partial charge >= 0.3 is 0 Å². The molecule has 6 nitrogen and oxygen atoms in total. The molecule has 1 aliphatic heterocycles. The molecule has 0 spiro atoms. The van der Waals surface area contributed by atoms with Gasteiger partial charge in [-0.1, -0.05) is 13.8 Å². The Morgan fingerprint density at radius 2 is 2.08 bits per heavy atom. The Balaban J connectivity index is 1.56. The number of hydrogen-bond donors (Lipinski definition) is 0. The Kier molecular flexibility index (Phi) is 4.31. The Hall–Kier alpha value is -1.82. The highest BCUT2D eigenvalue weighted by atomic mass is 16.2. The van der Waals surface area contributed by atoms with Gasteiger partial charge in [-0.05, 0) is 31.1 Å². The molecule has 0 N–H and O–H groups in total. The van der Waals surface area contributed by atoms with Gasteiger partial charge in [-0.3, -0.25) is 9.69 Å². The first-order valence-corrected chi connectivity index (χ1v) is 9.56. The van der Waals surface area contributed by atoms with Crippen molar-refractivity contribution in [1.29, 1.82) is 0 Å². The molecule has 4 rings (SSSR count). The number of fused-ring (bicyclic) bond motifs is 1. The van der Waals surface area contributed by atoms with E-state index in [1.54, 1.807) is 10.7 Å². The minimum atomic E-state index is 0.121. The summed E-state index contributed by atoms with van der Waals surface area (Å²) >= 11 is 0. The Morgan fingerprint density at radius 1 is 1.28 bits per heavy atom. The van der Waals surface area contributed by atoms with E-state index in [1.807, 2.05) is 24.0 Å². The minimum absolute atomic E-state index is 0.121. The van der Waals surface area contributed by atoms with Gasteiger partial charge in [0, 0.05) is 51.7 Å². The van der Waals surface area contributed by atoms with Crippen LogP contribution in [0.5, 0.6) is 0 Å². The molecular formula is C19H29N5O. The molecule has 2 aromatic rings. The lowest BCUT2D eigenvalue weighted by molar-refractivity contribution is 0.0706. The van der Waals surface area contributed by atoms with Crippen molar-refractivity contribution in [2.45, 2.75) is 39.2 Å². The Morgan fingerprint density at radius 3 is 2.80 bits per heavy atom. The predicted molar refractivity (Wildman–Crippen MR) is 97.6 cm³/mol. The molecular weight excluding hydrogens is 314 g/mol. The van der Waals surface area contributed by atoms with E-state index in [4.69, 9.17) is 0 Å². The summed E-state index contributed by atoms with van der Waals surface area (Å²) in [6.45, 7) is 8.55. The number of carbonyl (C=O) groups is 1. The highest BCUT2D eigenvalue weighted by molar-refractivity contribution is 5.99. The highest BCUT2D eigenvalue weighted by Gasteiger charge is 2.34. The van der Waals surface area contributed by atoms with Crippen LogP contribution < -0.4 is 0 Å². The summed E-state index contributed by atoms with van der Waals surface area (Å²) < 4.78 is 3.75. The van der Waals surface area contributed by atoms with Crippen LogP contribution in [0, 0.1) is 11.8 Å². The number of rotatable bonds is 4. The summed E-state index contributed by atoms with van der Waals surface area (Å²) in [7, 11) is 1.96. The number of imidazole rings is 1. The van der Waals surface area contributed by atoms with Crippen LogP contribution in [0.1, 0.15) is 43.5 Å². The van der Waals surface area contributed by atoms with Crippen molar-refractivity contribution >= 4 is 11.6 Å². The number of amides is 1. The molecule has 0 bridgehead atoms. The lowest BCUT2D eigenvalue weighted by Gasteiger charge is -2.34. The zero-order valence-corrected chi connectivity index (χ0v) is 15.6. The second-order valence-corrected chi connectivity index (χ2v) is 8.09. The third-order valence-electron chi connectivity index (χ3n) is 5.76. The molecule has 1 atom stereocenters. The van der Waals surface area contributed by atoms with Crippen molar-refractivity contribution < 1.29 is 4.79 Å². The SMILES string of the molecule is CC(C)[C@@H]1CN(C(=O)c2cnn3ccn(C)c23)CCCN1CC1CC1. The lowest BCUT2D eigenvalue weighted by atomic mass is 10.0. The van der Waals surface area contributed by atoms with E-state index in [2.05, 4.69) is 28.7 Å². The van der Waals surface area contributed by atoms with Gasteiger partial charge in [0.15, 0.2) is 0 Å². The molecule has 1 saturated carbocycles. The van der Waals surface area contributed by atoms with Crippen LogP contribution in [0.2, 0.25) is 0 Å². The first-order valence-electron chi connectivity index (χ1n) is 9.56. The van der Waals surface area contributed by atoms with E-state index in [0.29, 0.717) is 17.5 Å². The number of aromatic nitrogens is 3. The number of hydrogen-bond acceptors (Lipinski definition) is 3. The monoisotopic (exact) mass is 343 g/mol. The normalized spacial score (nSPS) is 22.7.